The van der Waals surface area contributed by atoms with Crippen molar-refractivity contribution in [2.75, 3.05) is 14.1 Å². The fourth-order valence-electron chi connectivity index (χ4n) is 5.50. The molecule has 0 aromatic heterocycles. The Labute approximate surface area is 205 Å². The zero-order valence-corrected chi connectivity index (χ0v) is 20.3. The summed E-state index contributed by atoms with van der Waals surface area (Å²) in [7, 11) is 0.137. The second kappa shape index (κ2) is 9.04. The van der Waals surface area contributed by atoms with Crippen molar-refractivity contribution in [3.8, 4) is 5.75 Å². The smallest absolute Gasteiger partial charge is 0.508 e. The number of ketones is 2. The van der Waals surface area contributed by atoms with Crippen LogP contribution in [0, 0.1) is 11.8 Å². The summed E-state index contributed by atoms with van der Waals surface area (Å²) >= 11 is 0. The van der Waals surface area contributed by atoms with E-state index in [9.17, 15) is 39.9 Å². The van der Waals surface area contributed by atoms with E-state index >= 15 is 0 Å². The molecule has 0 unspecified atom stereocenters. The average molecular weight is 525 g/mol. The van der Waals surface area contributed by atoms with E-state index in [4.69, 9.17) is 20.1 Å². The largest absolute Gasteiger partial charge is 0.692 e. The molecule has 1 saturated carbocycles. The van der Waals surface area contributed by atoms with Gasteiger partial charge < -0.3 is 31.3 Å². The predicted molar refractivity (Wildman–Crippen MR) is 122 cm³/mol. The number of primary amides is 1. The summed E-state index contributed by atoms with van der Waals surface area (Å²) < 4.78 is 8.70. The predicted octanol–water partition coefficient (Wildman–Crippen LogP) is -0.743. The third-order valence-corrected chi connectivity index (χ3v) is 7.02. The van der Waals surface area contributed by atoms with Gasteiger partial charge in [-0.25, -0.2) is 0 Å². The minimum atomic E-state index is -2.87. The summed E-state index contributed by atoms with van der Waals surface area (Å²) in [5, 5.41) is 54.9. The number of aliphatic hydroxyl groups is 4. The van der Waals surface area contributed by atoms with E-state index in [1.807, 2.05) is 0 Å². The summed E-state index contributed by atoms with van der Waals surface area (Å²) in [5.41, 5.74) is -0.548. The van der Waals surface area contributed by atoms with Crippen LogP contribution in [0.3, 0.4) is 0 Å². The minimum absolute atomic E-state index is 0.170. The molecular formula is C22H26N2O11P+. The van der Waals surface area contributed by atoms with Crippen LogP contribution in [0.2, 0.25) is 0 Å². The van der Waals surface area contributed by atoms with Crippen LogP contribution in [0.5, 0.6) is 5.75 Å². The van der Waals surface area contributed by atoms with Crippen molar-refractivity contribution in [1.29, 1.82) is 0 Å². The van der Waals surface area contributed by atoms with Gasteiger partial charge in [0.2, 0.25) is 5.78 Å². The SMILES string of the molecule is CN(C)[C@@H]1C(=O)C(C(N)=O)=C(O)[C@@]2(O)C(=O)C3=C(O)c4c(O)cccc4[C@@](C)(O)[C@H]3C[C@@H]12.O=[P+](O)O. The first-order chi connectivity index (χ1) is 16.5. The van der Waals surface area contributed by atoms with E-state index in [-0.39, 0.29) is 17.5 Å². The van der Waals surface area contributed by atoms with Gasteiger partial charge >= 0.3 is 8.25 Å². The Balaban J connectivity index is 0.000000840. The molecule has 36 heavy (non-hydrogen) atoms. The lowest BCUT2D eigenvalue weighted by atomic mass is 9.54. The maximum absolute atomic E-state index is 13.7. The van der Waals surface area contributed by atoms with E-state index < -0.39 is 83.2 Å². The van der Waals surface area contributed by atoms with Gasteiger partial charge in [-0.1, -0.05) is 12.1 Å². The van der Waals surface area contributed by atoms with Crippen LogP contribution in [0.15, 0.2) is 35.1 Å². The van der Waals surface area contributed by atoms with Gasteiger partial charge in [0, 0.05) is 22.0 Å². The fraction of sp³-hybridized carbons (Fsp3) is 0.409. The molecule has 1 fully saturated rings. The monoisotopic (exact) mass is 525 g/mol. The van der Waals surface area contributed by atoms with Crippen molar-refractivity contribution in [2.45, 2.75) is 30.6 Å². The van der Waals surface area contributed by atoms with Crippen molar-refractivity contribution in [3.63, 3.8) is 0 Å². The number of aromatic hydroxyl groups is 1. The Bertz CT molecular complexity index is 1250. The van der Waals surface area contributed by atoms with Gasteiger partial charge in [-0.15, -0.1) is 9.79 Å². The highest BCUT2D eigenvalue weighted by Gasteiger charge is 2.66. The third-order valence-electron chi connectivity index (χ3n) is 7.02. The van der Waals surface area contributed by atoms with Crippen molar-refractivity contribution >= 4 is 31.5 Å². The molecular weight excluding hydrogens is 499 g/mol. The van der Waals surface area contributed by atoms with Gasteiger partial charge in [0.15, 0.2) is 11.4 Å². The van der Waals surface area contributed by atoms with Crippen molar-refractivity contribution in [2.24, 2.45) is 17.6 Å². The molecule has 0 saturated heterocycles. The molecule has 1 aromatic carbocycles. The van der Waals surface area contributed by atoms with Crippen LogP contribution < -0.4 is 5.73 Å². The number of hydrogen-bond acceptors (Lipinski definition) is 10. The Morgan fingerprint density at radius 3 is 2.19 bits per heavy atom. The standard InChI is InChI=1S/C22H24N2O8.HO3P/c1-21(31)8-5-4-6-11(25)12(8)16(26)13-9(21)7-10-15(24(2)3)17(27)14(20(23)30)19(29)22(10,32)18(13)28;1-4(2)3/h4-6,9-10,15,25-26,29,31-32H,7H2,1-3H3,(H2,23,30);(H-,1,2,3)/p+1/t9-,10-,15-,21+,22-;/m0./s1. The third kappa shape index (κ3) is 3.81. The van der Waals surface area contributed by atoms with E-state index in [0.29, 0.717) is 0 Å². The van der Waals surface area contributed by atoms with Crippen molar-refractivity contribution in [1.82, 2.24) is 4.90 Å². The highest BCUT2D eigenvalue weighted by atomic mass is 31.1. The number of carbonyl (C=O) groups is 3. The molecule has 3 aliphatic rings. The van der Waals surface area contributed by atoms with Gasteiger partial charge in [-0.3, -0.25) is 19.3 Å². The molecule has 9 N–H and O–H groups in total. The normalized spacial score (nSPS) is 31.3. The highest BCUT2D eigenvalue weighted by Crippen LogP contribution is 2.57. The molecule has 0 heterocycles. The topological polar surface area (TPSA) is 239 Å². The maximum Gasteiger partial charge on any atom is 0.692 e. The molecule has 3 aliphatic carbocycles. The van der Waals surface area contributed by atoms with Gasteiger partial charge in [0.25, 0.3) is 5.91 Å². The number of benzene rings is 1. The number of hydrogen-bond donors (Lipinski definition) is 8. The number of phenolic OH excluding ortho intramolecular Hbond substituents is 1. The summed E-state index contributed by atoms with van der Waals surface area (Å²) in [5.74, 6) is -7.90. The second-order valence-electron chi connectivity index (χ2n) is 9.21. The number of nitrogens with two attached hydrogens (primary N) is 1. The van der Waals surface area contributed by atoms with Crippen LogP contribution in [-0.4, -0.2) is 83.4 Å². The summed E-state index contributed by atoms with van der Waals surface area (Å²) in [6.07, 6.45) is -0.200. The Hall–Kier alpha value is -3.19. The van der Waals surface area contributed by atoms with Gasteiger partial charge in [-0.2, -0.15) is 0 Å². The second-order valence-corrected chi connectivity index (χ2v) is 9.72. The number of Topliss-reactive ketones (excluding diaryl/α,β-unsaturated/α-hetero) is 2. The Kier molecular flexibility index (Phi) is 6.88. The number of rotatable bonds is 2. The quantitative estimate of drug-likeness (QED) is 0.176. The Morgan fingerprint density at radius 2 is 1.69 bits per heavy atom. The molecule has 1 amide bonds. The van der Waals surface area contributed by atoms with E-state index in [1.165, 1.54) is 44.1 Å². The van der Waals surface area contributed by atoms with Crippen LogP contribution in [0.25, 0.3) is 5.76 Å². The lowest BCUT2D eigenvalue weighted by Crippen LogP contribution is -2.67. The first kappa shape index (κ1) is 27.4. The molecule has 194 valence electrons. The van der Waals surface area contributed by atoms with E-state index in [1.54, 1.807) is 0 Å². The maximum atomic E-state index is 13.7. The summed E-state index contributed by atoms with van der Waals surface area (Å²) in [4.78, 5) is 54.2. The van der Waals surface area contributed by atoms with Crippen LogP contribution in [0.1, 0.15) is 24.5 Å². The molecule has 14 heteroatoms. The molecule has 0 radical (unpaired) electrons. The number of nitrogens with zero attached hydrogens (tertiary/aromatic N) is 1. The Morgan fingerprint density at radius 1 is 1.14 bits per heavy atom. The van der Waals surface area contributed by atoms with Crippen molar-refractivity contribution in [3.05, 3.63) is 46.2 Å². The first-order valence-corrected chi connectivity index (χ1v) is 11.7. The number of likely N-dealkylation sites (N-methyl/N-ethyl adjacent to an activating group) is 1. The van der Waals surface area contributed by atoms with Gasteiger partial charge in [0.1, 0.15) is 22.8 Å². The number of fused-ring (bicyclic) bond motifs is 3. The number of amides is 1. The van der Waals surface area contributed by atoms with E-state index in [2.05, 4.69) is 0 Å². The zero-order chi connectivity index (χ0) is 27.5. The van der Waals surface area contributed by atoms with E-state index in [0.717, 1.165) is 0 Å². The number of phenols is 1. The molecule has 0 bridgehead atoms. The molecule has 0 aliphatic heterocycles. The zero-order valence-electron chi connectivity index (χ0n) is 19.4. The number of carbonyl (C=O) groups excluding carboxylic acids is 3. The highest BCUT2D eigenvalue weighted by molar-refractivity contribution is 7.30. The van der Waals surface area contributed by atoms with Crippen molar-refractivity contribution < 1.29 is 54.3 Å². The van der Waals surface area contributed by atoms with Crippen LogP contribution in [0.4, 0.5) is 0 Å². The fourth-order valence-corrected chi connectivity index (χ4v) is 5.50. The molecule has 0 spiro atoms. The van der Waals surface area contributed by atoms with Crippen LogP contribution in [-0.2, 0) is 24.5 Å². The van der Waals surface area contributed by atoms with Gasteiger partial charge in [0.05, 0.1) is 17.2 Å². The van der Waals surface area contributed by atoms with Gasteiger partial charge in [-0.05, 0) is 39.1 Å². The molecule has 13 nitrogen and oxygen atoms in total. The molecule has 4 rings (SSSR count). The molecule has 5 atom stereocenters. The summed E-state index contributed by atoms with van der Waals surface area (Å²) in [6.45, 7) is 1.40. The summed E-state index contributed by atoms with van der Waals surface area (Å²) in [6, 6.07) is 3.02. The lowest BCUT2D eigenvalue weighted by Gasteiger charge is -2.53. The lowest BCUT2D eigenvalue weighted by molar-refractivity contribution is -0.159. The van der Waals surface area contributed by atoms with Crippen LogP contribution >= 0.6 is 8.25 Å². The first-order valence-electron chi connectivity index (χ1n) is 10.6. The minimum Gasteiger partial charge on any atom is -0.508 e. The molecule has 1 aromatic rings. The average Bonchev–Trinajstić information content (AvgIpc) is 2.73. The number of aliphatic hydroxyl groups excluding tert-OH is 2.